The summed E-state index contributed by atoms with van der Waals surface area (Å²) in [6.45, 7) is 1.38. The van der Waals surface area contributed by atoms with Crippen LogP contribution in [0.2, 0.25) is 0 Å². The molecule has 6 nitrogen and oxygen atoms in total. The summed E-state index contributed by atoms with van der Waals surface area (Å²) < 4.78 is 9.66. The number of methoxy groups -OCH3 is 2. The second kappa shape index (κ2) is 5.81. The molecule has 1 aromatic rings. The lowest BCUT2D eigenvalue weighted by Gasteiger charge is -2.06. The van der Waals surface area contributed by atoms with Gasteiger partial charge in [-0.05, 0) is 12.1 Å². The van der Waals surface area contributed by atoms with Crippen LogP contribution in [0.15, 0.2) is 23.9 Å². The molecule has 0 aliphatic carbocycles. The fourth-order valence-electron chi connectivity index (χ4n) is 1.35. The maximum Gasteiger partial charge on any atom is 0.337 e. The Bertz CT molecular complexity index is 507. The smallest absolute Gasteiger partial charge is 0.337 e. The third-order valence-corrected chi connectivity index (χ3v) is 2.31. The summed E-state index contributed by atoms with van der Waals surface area (Å²) in [5.74, 6) is -0.117. The van der Waals surface area contributed by atoms with E-state index in [2.05, 4.69) is 4.74 Å². The van der Waals surface area contributed by atoms with Gasteiger partial charge in [-0.3, -0.25) is 10.1 Å². The molecule has 0 saturated carbocycles. The predicted molar refractivity (Wildman–Crippen MR) is 65.0 cm³/mol. The molecule has 6 heteroatoms. The van der Waals surface area contributed by atoms with Crippen LogP contribution in [0.3, 0.4) is 0 Å². The van der Waals surface area contributed by atoms with Crippen molar-refractivity contribution in [3.05, 3.63) is 45.1 Å². The maximum absolute atomic E-state index is 11.3. The van der Waals surface area contributed by atoms with E-state index >= 15 is 0 Å². The van der Waals surface area contributed by atoms with Crippen LogP contribution in [-0.2, 0) is 4.74 Å². The van der Waals surface area contributed by atoms with Crippen molar-refractivity contribution in [1.82, 2.24) is 0 Å². The SMILES string of the molecule is COC(=O)c1ccc(/C=C(\C)[N+](=O)[O-])c(OC)c1. The van der Waals surface area contributed by atoms with Gasteiger partial charge in [0.25, 0.3) is 0 Å². The van der Waals surface area contributed by atoms with Gasteiger partial charge in [0.15, 0.2) is 0 Å². The van der Waals surface area contributed by atoms with Crippen molar-refractivity contribution in [2.24, 2.45) is 0 Å². The van der Waals surface area contributed by atoms with E-state index < -0.39 is 10.9 Å². The Morgan fingerprint density at radius 3 is 2.56 bits per heavy atom. The summed E-state index contributed by atoms with van der Waals surface area (Å²) in [6.07, 6.45) is 1.37. The zero-order valence-corrected chi connectivity index (χ0v) is 10.3. The third kappa shape index (κ3) is 3.07. The molecule has 1 aromatic carbocycles. The highest BCUT2D eigenvalue weighted by Gasteiger charge is 2.11. The van der Waals surface area contributed by atoms with Gasteiger partial charge in [0.1, 0.15) is 5.75 Å². The molecule has 0 spiro atoms. The molecule has 0 amide bonds. The number of carbonyl (C=O) groups excluding carboxylic acids is 1. The van der Waals surface area contributed by atoms with E-state index in [1.165, 1.54) is 39.4 Å². The molecule has 96 valence electrons. The van der Waals surface area contributed by atoms with Gasteiger partial charge < -0.3 is 9.47 Å². The van der Waals surface area contributed by atoms with Gasteiger partial charge in [-0.25, -0.2) is 4.79 Å². The highest BCUT2D eigenvalue weighted by atomic mass is 16.6. The molecule has 0 radical (unpaired) electrons. The predicted octanol–water partition coefficient (Wildman–Crippen LogP) is 2.12. The minimum absolute atomic E-state index is 0.0147. The minimum Gasteiger partial charge on any atom is -0.496 e. The van der Waals surface area contributed by atoms with E-state index in [9.17, 15) is 14.9 Å². The number of benzene rings is 1. The molecular weight excluding hydrogens is 238 g/mol. The summed E-state index contributed by atoms with van der Waals surface area (Å²) in [4.78, 5) is 21.4. The highest BCUT2D eigenvalue weighted by Crippen LogP contribution is 2.23. The van der Waals surface area contributed by atoms with Gasteiger partial charge in [-0.15, -0.1) is 0 Å². The number of nitro groups is 1. The number of ether oxygens (including phenoxy) is 2. The molecule has 0 heterocycles. The van der Waals surface area contributed by atoms with Crippen LogP contribution in [0.25, 0.3) is 6.08 Å². The van der Waals surface area contributed by atoms with Crippen LogP contribution in [0.4, 0.5) is 0 Å². The zero-order valence-electron chi connectivity index (χ0n) is 10.3. The highest BCUT2D eigenvalue weighted by molar-refractivity contribution is 5.90. The largest absolute Gasteiger partial charge is 0.496 e. The number of hydrogen-bond donors (Lipinski definition) is 0. The Balaban J connectivity index is 3.20. The van der Waals surface area contributed by atoms with Crippen LogP contribution in [0, 0.1) is 10.1 Å². The van der Waals surface area contributed by atoms with Crippen molar-refractivity contribution in [2.75, 3.05) is 14.2 Å². The molecule has 0 aliphatic heterocycles. The molecule has 0 aromatic heterocycles. The molecule has 0 unspecified atom stereocenters. The summed E-state index contributed by atoms with van der Waals surface area (Å²) in [7, 11) is 2.70. The average Bonchev–Trinajstić information content (AvgIpc) is 2.37. The quantitative estimate of drug-likeness (QED) is 0.465. The maximum atomic E-state index is 11.3. The van der Waals surface area contributed by atoms with E-state index in [0.717, 1.165) is 0 Å². The number of hydrogen-bond acceptors (Lipinski definition) is 5. The second-order valence-electron chi connectivity index (χ2n) is 3.49. The molecule has 0 aliphatic rings. The normalized spacial score (nSPS) is 10.9. The zero-order chi connectivity index (χ0) is 13.7. The first-order chi connectivity index (χ1) is 8.49. The molecule has 1 rings (SSSR count). The molecule has 0 N–H and O–H groups in total. The van der Waals surface area contributed by atoms with Crippen molar-refractivity contribution >= 4 is 12.0 Å². The van der Waals surface area contributed by atoms with Crippen LogP contribution >= 0.6 is 0 Å². The van der Waals surface area contributed by atoms with Gasteiger partial charge in [0.2, 0.25) is 5.70 Å². The van der Waals surface area contributed by atoms with E-state index in [1.54, 1.807) is 6.07 Å². The van der Waals surface area contributed by atoms with Crippen LogP contribution in [0.5, 0.6) is 5.75 Å². The first kappa shape index (κ1) is 13.7. The van der Waals surface area contributed by atoms with Crippen molar-refractivity contribution in [3.63, 3.8) is 0 Å². The Morgan fingerprint density at radius 1 is 1.39 bits per heavy atom. The van der Waals surface area contributed by atoms with Crippen molar-refractivity contribution in [1.29, 1.82) is 0 Å². The van der Waals surface area contributed by atoms with Gasteiger partial charge >= 0.3 is 5.97 Å². The fraction of sp³-hybridized carbons (Fsp3) is 0.250. The third-order valence-electron chi connectivity index (χ3n) is 2.31. The number of rotatable bonds is 4. The lowest BCUT2D eigenvalue weighted by atomic mass is 10.1. The Kier molecular flexibility index (Phi) is 4.42. The Hall–Kier alpha value is -2.37. The topological polar surface area (TPSA) is 78.7 Å². The summed E-state index contributed by atoms with van der Waals surface area (Å²) in [6, 6.07) is 4.57. The Labute approximate surface area is 104 Å². The molecule has 0 saturated heterocycles. The van der Waals surface area contributed by atoms with Crippen molar-refractivity contribution in [2.45, 2.75) is 6.92 Å². The molecular formula is C12H13NO5. The molecule has 18 heavy (non-hydrogen) atoms. The summed E-state index contributed by atoms with van der Waals surface area (Å²) >= 11 is 0. The molecule has 0 fully saturated rings. The first-order valence-corrected chi connectivity index (χ1v) is 5.08. The van der Waals surface area contributed by atoms with Crippen molar-refractivity contribution in [3.8, 4) is 5.75 Å². The van der Waals surface area contributed by atoms with Gasteiger partial charge in [-0.2, -0.15) is 0 Å². The fourth-order valence-corrected chi connectivity index (χ4v) is 1.35. The number of esters is 1. The van der Waals surface area contributed by atoms with E-state index in [1.807, 2.05) is 0 Å². The molecule has 0 atom stereocenters. The van der Waals surface area contributed by atoms with E-state index in [4.69, 9.17) is 4.74 Å². The van der Waals surface area contributed by atoms with Crippen molar-refractivity contribution < 1.29 is 19.2 Å². The van der Waals surface area contributed by atoms with Gasteiger partial charge in [0, 0.05) is 18.6 Å². The standard InChI is InChI=1S/C12H13NO5/c1-8(13(15)16)6-9-4-5-10(12(14)18-3)7-11(9)17-2/h4-7H,1-3H3/b8-6+. The lowest BCUT2D eigenvalue weighted by Crippen LogP contribution is -2.02. The number of allylic oxidation sites excluding steroid dienone is 1. The molecule has 0 bridgehead atoms. The second-order valence-corrected chi connectivity index (χ2v) is 3.49. The van der Waals surface area contributed by atoms with Crippen LogP contribution in [0.1, 0.15) is 22.8 Å². The number of carbonyl (C=O) groups is 1. The van der Waals surface area contributed by atoms with Crippen LogP contribution in [-0.4, -0.2) is 25.1 Å². The van der Waals surface area contributed by atoms with Gasteiger partial charge in [0.05, 0.1) is 24.7 Å². The monoisotopic (exact) mass is 251 g/mol. The van der Waals surface area contributed by atoms with Gasteiger partial charge in [-0.1, -0.05) is 6.07 Å². The van der Waals surface area contributed by atoms with E-state index in [0.29, 0.717) is 16.9 Å². The average molecular weight is 251 g/mol. The van der Waals surface area contributed by atoms with Crippen LogP contribution < -0.4 is 4.74 Å². The number of nitrogens with zero attached hydrogens (tertiary/aromatic N) is 1. The summed E-state index contributed by atoms with van der Waals surface area (Å²) in [5.41, 5.74) is 0.837. The summed E-state index contributed by atoms with van der Waals surface area (Å²) in [5, 5.41) is 10.5. The van der Waals surface area contributed by atoms with E-state index in [-0.39, 0.29) is 5.70 Å². The first-order valence-electron chi connectivity index (χ1n) is 5.08. The minimum atomic E-state index is -0.492. The Morgan fingerprint density at radius 2 is 2.06 bits per heavy atom. The lowest BCUT2D eigenvalue weighted by molar-refractivity contribution is -0.422.